The summed E-state index contributed by atoms with van der Waals surface area (Å²) >= 11 is 0. The Morgan fingerprint density at radius 2 is 2.03 bits per heavy atom. The number of nitrogen functional groups attached to an aromatic ring is 1. The number of nitrogens with zero attached hydrogens (tertiary/aromatic N) is 4. The largest absolute Gasteiger partial charge is 0.496 e. The minimum Gasteiger partial charge on any atom is -0.496 e. The Morgan fingerprint density at radius 3 is 2.83 bits per heavy atom. The third-order valence-corrected chi connectivity index (χ3v) is 5.05. The summed E-state index contributed by atoms with van der Waals surface area (Å²) in [5, 5.41) is 0.701. The number of amides is 1. The van der Waals surface area contributed by atoms with Gasteiger partial charge in [-0.25, -0.2) is 15.0 Å². The topological polar surface area (TPSA) is 103 Å². The van der Waals surface area contributed by atoms with Gasteiger partial charge in [0.25, 0.3) is 5.91 Å². The molecule has 29 heavy (non-hydrogen) atoms. The maximum atomic E-state index is 13.1. The summed E-state index contributed by atoms with van der Waals surface area (Å²) in [7, 11) is 1.58. The van der Waals surface area contributed by atoms with Crippen molar-refractivity contribution in [2.45, 2.75) is 20.0 Å². The zero-order valence-corrected chi connectivity index (χ0v) is 16.7. The van der Waals surface area contributed by atoms with Gasteiger partial charge in [-0.3, -0.25) is 4.79 Å². The average Bonchev–Trinajstić information content (AvgIpc) is 2.72. The van der Waals surface area contributed by atoms with Crippen molar-refractivity contribution in [1.29, 1.82) is 0 Å². The van der Waals surface area contributed by atoms with Crippen LogP contribution in [0.25, 0.3) is 11.0 Å². The first-order valence-corrected chi connectivity index (χ1v) is 9.43. The van der Waals surface area contributed by atoms with Gasteiger partial charge in [0.05, 0.1) is 36.9 Å². The number of rotatable bonds is 3. The number of carbonyl (C=O) groups excluding carboxylic acids is 1. The SMILES string of the molecule is COc1c(C)cccc1C(=O)N1CCO[C@@H](c2ccc3c(N)nc(C)nc3n2)C1. The van der Waals surface area contributed by atoms with Gasteiger partial charge in [-0.05, 0) is 37.6 Å². The molecule has 0 radical (unpaired) electrons. The number of nitrogens with two attached hydrogens (primary N) is 1. The molecule has 1 saturated heterocycles. The molecule has 1 atom stereocenters. The lowest BCUT2D eigenvalue weighted by atomic mass is 10.1. The van der Waals surface area contributed by atoms with Crippen LogP contribution in [0.15, 0.2) is 30.3 Å². The molecular weight excluding hydrogens is 370 g/mol. The Morgan fingerprint density at radius 1 is 1.21 bits per heavy atom. The highest BCUT2D eigenvalue weighted by Crippen LogP contribution is 2.28. The fourth-order valence-corrected chi connectivity index (χ4v) is 3.62. The third-order valence-electron chi connectivity index (χ3n) is 5.05. The van der Waals surface area contributed by atoms with E-state index in [1.807, 2.05) is 31.2 Å². The monoisotopic (exact) mass is 393 g/mol. The van der Waals surface area contributed by atoms with Gasteiger partial charge >= 0.3 is 0 Å². The van der Waals surface area contributed by atoms with Crippen LogP contribution in [0.2, 0.25) is 0 Å². The molecule has 0 aliphatic carbocycles. The molecule has 4 rings (SSSR count). The molecule has 1 aliphatic rings. The van der Waals surface area contributed by atoms with Gasteiger partial charge in [0.15, 0.2) is 5.65 Å². The Hall–Kier alpha value is -3.26. The van der Waals surface area contributed by atoms with Crippen molar-refractivity contribution in [3.63, 3.8) is 0 Å². The lowest BCUT2D eigenvalue weighted by Gasteiger charge is -2.33. The number of carbonyl (C=O) groups is 1. The van der Waals surface area contributed by atoms with Crippen molar-refractivity contribution in [3.8, 4) is 5.75 Å². The lowest BCUT2D eigenvalue weighted by molar-refractivity contribution is -0.0247. The van der Waals surface area contributed by atoms with Crippen LogP contribution in [0.5, 0.6) is 5.75 Å². The van der Waals surface area contributed by atoms with Crippen molar-refractivity contribution < 1.29 is 14.3 Å². The fraction of sp³-hybridized carbons (Fsp3) is 0.333. The number of aryl methyl sites for hydroxylation is 2. The second kappa shape index (κ2) is 7.63. The molecule has 0 saturated carbocycles. The molecule has 1 aromatic carbocycles. The Bertz CT molecular complexity index is 1090. The van der Waals surface area contributed by atoms with Crippen LogP contribution in [-0.4, -0.2) is 52.6 Å². The van der Waals surface area contributed by atoms with Crippen LogP contribution in [-0.2, 0) is 4.74 Å². The average molecular weight is 393 g/mol. The van der Waals surface area contributed by atoms with Crippen LogP contribution in [0.3, 0.4) is 0 Å². The fourth-order valence-electron chi connectivity index (χ4n) is 3.62. The molecule has 8 nitrogen and oxygen atoms in total. The van der Waals surface area contributed by atoms with Crippen molar-refractivity contribution >= 4 is 22.8 Å². The van der Waals surface area contributed by atoms with Gasteiger partial charge in [-0.1, -0.05) is 12.1 Å². The zero-order chi connectivity index (χ0) is 20.5. The van der Waals surface area contributed by atoms with Crippen LogP contribution >= 0.6 is 0 Å². The van der Waals surface area contributed by atoms with E-state index in [4.69, 9.17) is 15.2 Å². The predicted octanol–water partition coefficient (Wildman–Crippen LogP) is 2.45. The van der Waals surface area contributed by atoms with E-state index >= 15 is 0 Å². The molecule has 2 N–H and O–H groups in total. The first-order valence-electron chi connectivity index (χ1n) is 9.43. The molecular formula is C21H23N5O3. The Kier molecular flexibility index (Phi) is 5.02. The summed E-state index contributed by atoms with van der Waals surface area (Å²) < 4.78 is 11.4. The summed E-state index contributed by atoms with van der Waals surface area (Å²) in [5.41, 5.74) is 8.68. The number of ether oxygens (including phenoxy) is 2. The van der Waals surface area contributed by atoms with Crippen molar-refractivity contribution in [2.24, 2.45) is 0 Å². The first kappa shape index (κ1) is 19.1. The van der Waals surface area contributed by atoms with Crippen LogP contribution < -0.4 is 10.5 Å². The van der Waals surface area contributed by atoms with E-state index < -0.39 is 0 Å². The number of aromatic nitrogens is 3. The second-order valence-electron chi connectivity index (χ2n) is 7.03. The lowest BCUT2D eigenvalue weighted by Crippen LogP contribution is -2.42. The predicted molar refractivity (Wildman–Crippen MR) is 109 cm³/mol. The van der Waals surface area contributed by atoms with Crippen molar-refractivity contribution in [2.75, 3.05) is 32.5 Å². The molecule has 0 unspecified atom stereocenters. The molecule has 0 spiro atoms. The van der Waals surface area contributed by atoms with Gasteiger partial charge in [-0.2, -0.15) is 0 Å². The molecule has 2 aromatic heterocycles. The maximum absolute atomic E-state index is 13.1. The highest BCUT2D eigenvalue weighted by atomic mass is 16.5. The van der Waals surface area contributed by atoms with E-state index in [1.165, 1.54) is 0 Å². The third kappa shape index (κ3) is 3.58. The molecule has 8 heteroatoms. The minimum atomic E-state index is -0.343. The van der Waals surface area contributed by atoms with Gasteiger partial charge in [0.1, 0.15) is 23.5 Å². The van der Waals surface area contributed by atoms with Crippen molar-refractivity contribution in [3.05, 3.63) is 53.0 Å². The van der Waals surface area contributed by atoms with Gasteiger partial charge in [0.2, 0.25) is 0 Å². The molecule has 0 bridgehead atoms. The smallest absolute Gasteiger partial charge is 0.257 e. The summed E-state index contributed by atoms with van der Waals surface area (Å²) in [4.78, 5) is 28.1. The molecule has 3 aromatic rings. The van der Waals surface area contributed by atoms with Crippen LogP contribution in [0, 0.1) is 13.8 Å². The number of morpholine rings is 1. The first-order chi connectivity index (χ1) is 14.0. The summed E-state index contributed by atoms with van der Waals surface area (Å²) in [6.07, 6.45) is -0.343. The number of methoxy groups -OCH3 is 1. The summed E-state index contributed by atoms with van der Waals surface area (Å²) in [6.45, 7) is 5.03. The number of fused-ring (bicyclic) bond motifs is 1. The van der Waals surface area contributed by atoms with E-state index in [-0.39, 0.29) is 12.0 Å². The second-order valence-corrected chi connectivity index (χ2v) is 7.03. The van der Waals surface area contributed by atoms with Crippen LogP contribution in [0.4, 0.5) is 5.82 Å². The van der Waals surface area contributed by atoms with E-state index in [2.05, 4.69) is 15.0 Å². The quantitative estimate of drug-likeness (QED) is 0.729. The Labute approximate surface area is 168 Å². The molecule has 1 amide bonds. The molecule has 150 valence electrons. The standard InChI is InChI=1S/C21H23N5O3/c1-12-5-4-6-14(18(12)28-3)21(27)26-9-10-29-17(11-26)16-8-7-15-19(22)23-13(2)24-20(15)25-16/h4-8,17H,9-11H2,1-3H3,(H2,22,23,24,25)/t17-/m1/s1. The van der Waals surface area contributed by atoms with E-state index in [0.717, 1.165) is 5.56 Å². The summed E-state index contributed by atoms with van der Waals surface area (Å²) in [5.74, 6) is 1.49. The highest BCUT2D eigenvalue weighted by Gasteiger charge is 2.29. The number of para-hydroxylation sites is 1. The molecule has 1 fully saturated rings. The minimum absolute atomic E-state index is 0.0814. The van der Waals surface area contributed by atoms with E-state index in [1.54, 1.807) is 25.0 Å². The van der Waals surface area contributed by atoms with Gasteiger partial charge < -0.3 is 20.1 Å². The van der Waals surface area contributed by atoms with Crippen LogP contribution in [0.1, 0.15) is 33.5 Å². The zero-order valence-electron chi connectivity index (χ0n) is 16.7. The van der Waals surface area contributed by atoms with Crippen molar-refractivity contribution in [1.82, 2.24) is 19.9 Å². The summed E-state index contributed by atoms with van der Waals surface area (Å²) in [6, 6.07) is 9.27. The molecule has 1 aliphatic heterocycles. The highest BCUT2D eigenvalue weighted by molar-refractivity contribution is 5.97. The Balaban J connectivity index is 1.61. The number of anilines is 1. The number of hydrogen-bond acceptors (Lipinski definition) is 7. The maximum Gasteiger partial charge on any atom is 0.257 e. The molecule has 3 heterocycles. The van der Waals surface area contributed by atoms with E-state index in [0.29, 0.717) is 59.4 Å². The normalized spacial score (nSPS) is 16.8. The van der Waals surface area contributed by atoms with E-state index in [9.17, 15) is 4.79 Å². The van der Waals surface area contributed by atoms with Gasteiger partial charge in [0, 0.05) is 6.54 Å². The number of pyridine rings is 1. The van der Waals surface area contributed by atoms with Gasteiger partial charge in [-0.15, -0.1) is 0 Å². The number of hydrogen-bond donors (Lipinski definition) is 1. The number of benzene rings is 1.